The molecule has 20 heavy (non-hydrogen) atoms. The van der Waals surface area contributed by atoms with Gasteiger partial charge >= 0.3 is 0 Å². The standard InChI is InChI=1S/C15H24N2O2S/c1-12(2)10-17(15-6-7-15)20(18,19)11-14-5-3-4-13(8-14)9-16/h3-5,8,12,15H,6-7,9-11,16H2,1-2H3. The van der Waals surface area contributed by atoms with E-state index >= 15 is 0 Å². The number of rotatable bonds is 7. The highest BCUT2D eigenvalue weighted by Crippen LogP contribution is 2.31. The molecule has 4 nitrogen and oxygen atoms in total. The summed E-state index contributed by atoms with van der Waals surface area (Å²) in [6, 6.07) is 7.76. The van der Waals surface area contributed by atoms with Crippen molar-refractivity contribution in [1.82, 2.24) is 4.31 Å². The van der Waals surface area contributed by atoms with Crippen LogP contribution in [0.5, 0.6) is 0 Å². The fourth-order valence-corrected chi connectivity index (χ4v) is 4.31. The fourth-order valence-electron chi connectivity index (χ4n) is 2.35. The lowest BCUT2D eigenvalue weighted by Gasteiger charge is -2.23. The predicted octanol–water partition coefficient (Wildman–Crippen LogP) is 2.10. The highest BCUT2D eigenvalue weighted by atomic mass is 32.2. The van der Waals surface area contributed by atoms with Crippen LogP contribution in [0.25, 0.3) is 0 Å². The second-order valence-electron chi connectivity index (χ2n) is 5.98. The van der Waals surface area contributed by atoms with E-state index in [1.54, 1.807) is 4.31 Å². The van der Waals surface area contributed by atoms with Crippen molar-refractivity contribution in [2.45, 2.75) is 45.0 Å². The number of hydrogen-bond donors (Lipinski definition) is 1. The number of hydrogen-bond acceptors (Lipinski definition) is 3. The van der Waals surface area contributed by atoms with E-state index in [9.17, 15) is 8.42 Å². The van der Waals surface area contributed by atoms with E-state index in [1.807, 2.05) is 24.3 Å². The molecular formula is C15H24N2O2S. The van der Waals surface area contributed by atoms with Gasteiger partial charge in [0.2, 0.25) is 10.0 Å². The van der Waals surface area contributed by atoms with Crippen molar-refractivity contribution in [2.24, 2.45) is 11.7 Å². The molecule has 0 radical (unpaired) electrons. The minimum absolute atomic E-state index is 0.0735. The first-order valence-corrected chi connectivity index (χ1v) is 8.80. The maximum atomic E-state index is 12.6. The van der Waals surface area contributed by atoms with Crippen LogP contribution in [0.4, 0.5) is 0 Å². The van der Waals surface area contributed by atoms with E-state index in [1.165, 1.54) is 0 Å². The molecule has 5 heteroatoms. The van der Waals surface area contributed by atoms with Crippen LogP contribution in [0.3, 0.4) is 0 Å². The number of nitrogens with zero attached hydrogens (tertiary/aromatic N) is 1. The molecule has 1 saturated carbocycles. The summed E-state index contributed by atoms with van der Waals surface area (Å²) < 4.78 is 26.9. The van der Waals surface area contributed by atoms with Crippen molar-refractivity contribution in [2.75, 3.05) is 6.54 Å². The smallest absolute Gasteiger partial charge is 0.218 e. The third-order valence-corrected chi connectivity index (χ3v) is 5.29. The van der Waals surface area contributed by atoms with Gasteiger partial charge in [0.1, 0.15) is 0 Å². The van der Waals surface area contributed by atoms with Gasteiger partial charge in [0.05, 0.1) is 5.75 Å². The second kappa shape index (κ2) is 6.24. The zero-order valence-corrected chi connectivity index (χ0v) is 13.1. The van der Waals surface area contributed by atoms with Crippen LogP contribution in [0.1, 0.15) is 37.8 Å². The Morgan fingerprint density at radius 2 is 1.95 bits per heavy atom. The molecule has 1 aromatic carbocycles. The first-order valence-electron chi connectivity index (χ1n) is 7.20. The summed E-state index contributed by atoms with van der Waals surface area (Å²) in [7, 11) is -3.24. The zero-order valence-electron chi connectivity index (χ0n) is 12.2. The highest BCUT2D eigenvalue weighted by molar-refractivity contribution is 7.88. The summed E-state index contributed by atoms with van der Waals surface area (Å²) in [6.45, 7) is 5.16. The van der Waals surface area contributed by atoms with Crippen LogP contribution < -0.4 is 5.73 Å². The summed E-state index contributed by atoms with van der Waals surface area (Å²) in [5.74, 6) is 0.421. The van der Waals surface area contributed by atoms with Crippen LogP contribution in [0.15, 0.2) is 24.3 Å². The third kappa shape index (κ3) is 4.04. The van der Waals surface area contributed by atoms with E-state index in [4.69, 9.17) is 5.73 Å². The van der Waals surface area contributed by atoms with Crippen molar-refractivity contribution in [3.8, 4) is 0 Å². The fraction of sp³-hybridized carbons (Fsp3) is 0.600. The molecule has 0 amide bonds. The van der Waals surface area contributed by atoms with Gasteiger partial charge in [-0.1, -0.05) is 38.1 Å². The predicted molar refractivity (Wildman–Crippen MR) is 81.5 cm³/mol. The van der Waals surface area contributed by atoms with Crippen LogP contribution in [0, 0.1) is 5.92 Å². The van der Waals surface area contributed by atoms with Gasteiger partial charge < -0.3 is 5.73 Å². The molecule has 1 aliphatic carbocycles. The summed E-state index contributed by atoms with van der Waals surface area (Å²) in [5.41, 5.74) is 7.40. The van der Waals surface area contributed by atoms with Gasteiger partial charge in [0, 0.05) is 19.1 Å². The third-order valence-electron chi connectivity index (χ3n) is 3.43. The molecule has 0 saturated heterocycles. The van der Waals surface area contributed by atoms with Gasteiger partial charge in [-0.15, -0.1) is 0 Å². The van der Waals surface area contributed by atoms with Crippen molar-refractivity contribution in [3.63, 3.8) is 0 Å². The lowest BCUT2D eigenvalue weighted by Crippen LogP contribution is -2.36. The Balaban J connectivity index is 2.15. The lowest BCUT2D eigenvalue weighted by atomic mass is 10.1. The highest BCUT2D eigenvalue weighted by Gasteiger charge is 2.37. The van der Waals surface area contributed by atoms with Crippen molar-refractivity contribution in [3.05, 3.63) is 35.4 Å². The second-order valence-corrected chi connectivity index (χ2v) is 7.90. The van der Waals surface area contributed by atoms with Gasteiger partial charge in [-0.2, -0.15) is 4.31 Å². The number of benzene rings is 1. The van der Waals surface area contributed by atoms with Crippen molar-refractivity contribution in [1.29, 1.82) is 0 Å². The Hall–Kier alpha value is -0.910. The Bertz CT molecular complexity index is 551. The molecule has 0 atom stereocenters. The van der Waals surface area contributed by atoms with E-state index in [0.29, 0.717) is 19.0 Å². The molecule has 0 aliphatic heterocycles. The number of nitrogens with two attached hydrogens (primary N) is 1. The first-order chi connectivity index (χ1) is 9.42. The van der Waals surface area contributed by atoms with Gasteiger partial charge in [0.25, 0.3) is 0 Å². The van der Waals surface area contributed by atoms with Crippen LogP contribution in [-0.4, -0.2) is 25.3 Å². The van der Waals surface area contributed by atoms with Crippen LogP contribution in [0.2, 0.25) is 0 Å². The topological polar surface area (TPSA) is 63.4 Å². The number of sulfonamides is 1. The van der Waals surface area contributed by atoms with Gasteiger partial charge in [0.15, 0.2) is 0 Å². The van der Waals surface area contributed by atoms with Crippen LogP contribution >= 0.6 is 0 Å². The summed E-state index contributed by atoms with van der Waals surface area (Å²) in [4.78, 5) is 0. The minimum Gasteiger partial charge on any atom is -0.326 e. The molecule has 2 N–H and O–H groups in total. The molecule has 0 spiro atoms. The quantitative estimate of drug-likeness (QED) is 0.838. The Labute approximate surface area is 122 Å². The summed E-state index contributed by atoms with van der Waals surface area (Å²) in [6.07, 6.45) is 1.99. The first kappa shape index (κ1) is 15.5. The van der Waals surface area contributed by atoms with E-state index < -0.39 is 10.0 Å². The summed E-state index contributed by atoms with van der Waals surface area (Å²) in [5, 5.41) is 0. The monoisotopic (exact) mass is 296 g/mol. The van der Waals surface area contributed by atoms with Gasteiger partial charge in [-0.3, -0.25) is 0 Å². The maximum Gasteiger partial charge on any atom is 0.218 e. The zero-order chi connectivity index (χ0) is 14.8. The largest absolute Gasteiger partial charge is 0.326 e. The van der Waals surface area contributed by atoms with E-state index in [2.05, 4.69) is 13.8 Å². The maximum absolute atomic E-state index is 12.6. The molecule has 112 valence electrons. The Kier molecular flexibility index (Phi) is 4.83. The van der Waals surface area contributed by atoms with Crippen molar-refractivity contribution < 1.29 is 8.42 Å². The molecule has 1 fully saturated rings. The van der Waals surface area contributed by atoms with Gasteiger partial charge in [-0.05, 0) is 29.9 Å². The molecule has 1 aliphatic rings. The Morgan fingerprint density at radius 3 is 2.50 bits per heavy atom. The van der Waals surface area contributed by atoms with Crippen molar-refractivity contribution >= 4 is 10.0 Å². The summed E-state index contributed by atoms with van der Waals surface area (Å²) >= 11 is 0. The average Bonchev–Trinajstić information content (AvgIpc) is 3.19. The average molecular weight is 296 g/mol. The van der Waals surface area contributed by atoms with Gasteiger partial charge in [-0.25, -0.2) is 8.42 Å². The minimum atomic E-state index is -3.24. The molecule has 0 heterocycles. The molecule has 0 aromatic heterocycles. The van der Waals surface area contributed by atoms with E-state index in [0.717, 1.165) is 24.0 Å². The lowest BCUT2D eigenvalue weighted by molar-refractivity contribution is 0.359. The molecule has 0 unspecified atom stereocenters. The van der Waals surface area contributed by atoms with E-state index in [-0.39, 0.29) is 11.8 Å². The molecule has 0 bridgehead atoms. The Morgan fingerprint density at radius 1 is 1.30 bits per heavy atom. The SMILES string of the molecule is CC(C)CN(C1CC1)S(=O)(=O)Cc1cccc(CN)c1. The molecule has 2 rings (SSSR count). The molecular weight excluding hydrogens is 272 g/mol. The van der Waals surface area contributed by atoms with Crippen LogP contribution in [-0.2, 0) is 22.3 Å². The normalized spacial score (nSPS) is 16.1. The molecule has 1 aromatic rings.